The van der Waals surface area contributed by atoms with Gasteiger partial charge in [0.25, 0.3) is 5.56 Å². The van der Waals surface area contributed by atoms with Gasteiger partial charge in [0, 0.05) is 0 Å². The van der Waals surface area contributed by atoms with Crippen molar-refractivity contribution in [2.45, 2.75) is 6.92 Å². The number of carbonyl (C=O) groups excluding carboxylic acids is 1. The number of fused-ring (bicyclic) bond motifs is 1. The molecule has 2 rings (SSSR count). The predicted octanol–water partition coefficient (Wildman–Crippen LogP) is 1.16. The molecule has 0 aliphatic heterocycles. The van der Waals surface area contributed by atoms with E-state index in [1.165, 1.54) is 12.4 Å². The van der Waals surface area contributed by atoms with Crippen LogP contribution in [0.5, 0.6) is 0 Å². The Bertz CT molecular complexity index is 558. The summed E-state index contributed by atoms with van der Waals surface area (Å²) < 4.78 is 4.83. The summed E-state index contributed by atoms with van der Waals surface area (Å²) in [6, 6.07) is 1.50. The Morgan fingerprint density at radius 1 is 1.67 bits per heavy atom. The standard InChI is InChI=1S/C9H8N2O3S/c1-2-14-9(13)6-3-5-7(12)10-4-11-8(5)15-6/h3-4H,2H2,1H3,(H,10,11,12). The maximum Gasteiger partial charge on any atom is 0.348 e. The average Bonchev–Trinajstić information content (AvgIpc) is 2.63. The van der Waals surface area contributed by atoms with Gasteiger partial charge in [0.15, 0.2) is 0 Å². The van der Waals surface area contributed by atoms with Gasteiger partial charge < -0.3 is 9.72 Å². The van der Waals surface area contributed by atoms with Crippen LogP contribution in [0.25, 0.3) is 10.2 Å². The van der Waals surface area contributed by atoms with E-state index in [2.05, 4.69) is 9.97 Å². The highest BCUT2D eigenvalue weighted by Crippen LogP contribution is 2.20. The fraction of sp³-hybridized carbons (Fsp3) is 0.222. The van der Waals surface area contributed by atoms with E-state index in [9.17, 15) is 9.59 Å². The summed E-state index contributed by atoms with van der Waals surface area (Å²) in [4.78, 5) is 30.1. The van der Waals surface area contributed by atoms with E-state index in [0.29, 0.717) is 21.7 Å². The molecule has 5 nitrogen and oxygen atoms in total. The van der Waals surface area contributed by atoms with E-state index < -0.39 is 5.97 Å². The van der Waals surface area contributed by atoms with Crippen molar-refractivity contribution in [3.8, 4) is 0 Å². The van der Waals surface area contributed by atoms with Gasteiger partial charge in [-0.15, -0.1) is 11.3 Å². The zero-order chi connectivity index (χ0) is 10.8. The number of H-pyrrole nitrogens is 1. The van der Waals surface area contributed by atoms with Crippen molar-refractivity contribution in [1.29, 1.82) is 0 Å². The topological polar surface area (TPSA) is 72.1 Å². The Kier molecular flexibility index (Phi) is 2.51. The van der Waals surface area contributed by atoms with Crippen molar-refractivity contribution in [2.24, 2.45) is 0 Å². The predicted molar refractivity (Wildman–Crippen MR) is 56.2 cm³/mol. The largest absolute Gasteiger partial charge is 0.462 e. The number of aromatic nitrogens is 2. The zero-order valence-electron chi connectivity index (χ0n) is 7.94. The number of nitrogens with zero attached hydrogens (tertiary/aromatic N) is 1. The molecular formula is C9H8N2O3S. The maximum atomic E-state index is 11.4. The van der Waals surface area contributed by atoms with E-state index in [1.807, 2.05) is 0 Å². The second-order valence-electron chi connectivity index (χ2n) is 2.78. The highest BCUT2D eigenvalue weighted by atomic mass is 32.1. The Labute approximate surface area is 88.7 Å². The van der Waals surface area contributed by atoms with Gasteiger partial charge in [-0.1, -0.05) is 0 Å². The lowest BCUT2D eigenvalue weighted by Gasteiger charge is -1.95. The summed E-state index contributed by atoms with van der Waals surface area (Å²) in [7, 11) is 0. The van der Waals surface area contributed by atoms with Gasteiger partial charge in [-0.2, -0.15) is 0 Å². The van der Waals surface area contributed by atoms with Crippen molar-refractivity contribution in [3.63, 3.8) is 0 Å². The van der Waals surface area contributed by atoms with Crippen LogP contribution in [-0.2, 0) is 4.74 Å². The lowest BCUT2D eigenvalue weighted by molar-refractivity contribution is 0.0532. The number of hydrogen-bond acceptors (Lipinski definition) is 5. The van der Waals surface area contributed by atoms with Crippen molar-refractivity contribution in [1.82, 2.24) is 9.97 Å². The first-order chi connectivity index (χ1) is 7.22. The lowest BCUT2D eigenvalue weighted by atomic mass is 10.3. The van der Waals surface area contributed by atoms with Gasteiger partial charge in [0.1, 0.15) is 9.71 Å². The smallest absolute Gasteiger partial charge is 0.348 e. The zero-order valence-corrected chi connectivity index (χ0v) is 8.76. The summed E-state index contributed by atoms with van der Waals surface area (Å²) >= 11 is 1.15. The molecule has 2 aromatic heterocycles. The van der Waals surface area contributed by atoms with E-state index in [4.69, 9.17) is 4.74 Å². The second kappa shape index (κ2) is 3.82. The summed E-state index contributed by atoms with van der Waals surface area (Å²) in [5.41, 5.74) is -0.244. The van der Waals surface area contributed by atoms with Crippen LogP contribution in [0.1, 0.15) is 16.6 Å². The van der Waals surface area contributed by atoms with Crippen molar-refractivity contribution in [2.75, 3.05) is 6.61 Å². The third-order valence-electron chi connectivity index (χ3n) is 1.81. The van der Waals surface area contributed by atoms with Crippen molar-refractivity contribution < 1.29 is 9.53 Å². The van der Waals surface area contributed by atoms with Crippen LogP contribution < -0.4 is 5.56 Å². The molecule has 0 atom stereocenters. The van der Waals surface area contributed by atoms with Crippen LogP contribution >= 0.6 is 11.3 Å². The van der Waals surface area contributed by atoms with E-state index in [0.717, 1.165) is 11.3 Å². The fourth-order valence-corrected chi connectivity index (χ4v) is 2.06. The van der Waals surface area contributed by atoms with Crippen molar-refractivity contribution in [3.05, 3.63) is 27.6 Å². The highest BCUT2D eigenvalue weighted by Gasteiger charge is 2.13. The van der Waals surface area contributed by atoms with Crippen LogP contribution in [0.3, 0.4) is 0 Å². The Morgan fingerprint density at radius 3 is 3.13 bits per heavy atom. The van der Waals surface area contributed by atoms with Crippen LogP contribution in [0.4, 0.5) is 0 Å². The third kappa shape index (κ3) is 1.75. The minimum atomic E-state index is -0.417. The molecule has 15 heavy (non-hydrogen) atoms. The number of hydrogen-bond donors (Lipinski definition) is 1. The molecule has 1 N–H and O–H groups in total. The number of nitrogens with one attached hydrogen (secondary N) is 1. The summed E-state index contributed by atoms with van der Waals surface area (Å²) in [5.74, 6) is -0.417. The SMILES string of the molecule is CCOC(=O)c1cc2c(=O)[nH]cnc2s1. The first kappa shape index (κ1) is 9.85. The normalized spacial score (nSPS) is 10.5. The lowest BCUT2D eigenvalue weighted by Crippen LogP contribution is -2.04. The molecule has 0 spiro atoms. The Morgan fingerprint density at radius 2 is 2.47 bits per heavy atom. The van der Waals surface area contributed by atoms with Gasteiger partial charge in [-0.3, -0.25) is 4.79 Å². The fourth-order valence-electron chi connectivity index (χ4n) is 1.17. The Balaban J connectivity index is 2.52. The summed E-state index contributed by atoms with van der Waals surface area (Å²) in [6.07, 6.45) is 1.32. The number of esters is 1. The highest BCUT2D eigenvalue weighted by molar-refractivity contribution is 7.20. The molecule has 0 unspecified atom stereocenters. The molecular weight excluding hydrogens is 216 g/mol. The number of thiophene rings is 1. The molecule has 0 bridgehead atoms. The first-order valence-corrected chi connectivity index (χ1v) is 5.18. The minimum Gasteiger partial charge on any atom is -0.462 e. The van der Waals surface area contributed by atoms with E-state index >= 15 is 0 Å². The van der Waals surface area contributed by atoms with Crippen LogP contribution in [0.15, 0.2) is 17.2 Å². The second-order valence-corrected chi connectivity index (χ2v) is 3.81. The quantitative estimate of drug-likeness (QED) is 0.777. The minimum absolute atomic E-state index is 0.244. The van der Waals surface area contributed by atoms with E-state index in [1.54, 1.807) is 6.92 Å². The third-order valence-corrected chi connectivity index (χ3v) is 2.83. The molecule has 0 radical (unpaired) electrons. The number of carbonyl (C=O) groups is 1. The molecule has 0 aromatic carbocycles. The molecule has 0 amide bonds. The number of aromatic amines is 1. The first-order valence-electron chi connectivity index (χ1n) is 4.36. The van der Waals surface area contributed by atoms with Gasteiger partial charge >= 0.3 is 5.97 Å². The molecule has 0 fully saturated rings. The summed E-state index contributed by atoms with van der Waals surface area (Å²) in [5, 5.41) is 0.422. The van der Waals surface area contributed by atoms with Gasteiger partial charge in [-0.25, -0.2) is 9.78 Å². The summed E-state index contributed by atoms with van der Waals surface area (Å²) in [6.45, 7) is 2.05. The molecule has 0 saturated heterocycles. The monoisotopic (exact) mass is 224 g/mol. The molecule has 0 aliphatic carbocycles. The molecule has 0 aliphatic rings. The number of rotatable bonds is 2. The van der Waals surface area contributed by atoms with Gasteiger partial charge in [0.05, 0.1) is 18.3 Å². The van der Waals surface area contributed by atoms with Crippen LogP contribution in [0, 0.1) is 0 Å². The Hall–Kier alpha value is -1.69. The molecule has 0 saturated carbocycles. The van der Waals surface area contributed by atoms with Gasteiger partial charge in [0.2, 0.25) is 0 Å². The van der Waals surface area contributed by atoms with Crippen molar-refractivity contribution >= 4 is 27.5 Å². The molecule has 6 heteroatoms. The average molecular weight is 224 g/mol. The van der Waals surface area contributed by atoms with E-state index in [-0.39, 0.29) is 5.56 Å². The molecule has 2 aromatic rings. The molecule has 2 heterocycles. The number of ether oxygens (including phenoxy) is 1. The van der Waals surface area contributed by atoms with Crippen LogP contribution in [-0.4, -0.2) is 22.5 Å². The van der Waals surface area contributed by atoms with Gasteiger partial charge in [-0.05, 0) is 13.0 Å². The maximum absolute atomic E-state index is 11.4. The van der Waals surface area contributed by atoms with Crippen LogP contribution in [0.2, 0.25) is 0 Å². The molecule has 78 valence electrons.